The van der Waals surface area contributed by atoms with Crippen molar-refractivity contribution in [1.29, 1.82) is 0 Å². The predicted octanol–water partition coefficient (Wildman–Crippen LogP) is 3.45. The maximum Gasteiger partial charge on any atom is 0.261 e. The van der Waals surface area contributed by atoms with Gasteiger partial charge in [0.25, 0.3) is 5.91 Å². The Labute approximate surface area is 179 Å². The molecule has 0 heterocycles. The molecule has 1 unspecified atom stereocenters. The second kappa shape index (κ2) is 12.5. The van der Waals surface area contributed by atoms with Gasteiger partial charge >= 0.3 is 0 Å². The lowest BCUT2D eigenvalue weighted by atomic mass is 10.1. The highest BCUT2D eigenvalue weighted by Crippen LogP contribution is 2.25. The molecular formula is C24H32N2O4. The van der Waals surface area contributed by atoms with Crippen LogP contribution < -0.4 is 14.8 Å². The summed E-state index contributed by atoms with van der Waals surface area (Å²) in [5.74, 6) is 0.667. The van der Waals surface area contributed by atoms with Crippen molar-refractivity contribution in [3.8, 4) is 11.5 Å². The molecule has 1 N–H and O–H groups in total. The van der Waals surface area contributed by atoms with Crippen molar-refractivity contribution in [2.75, 3.05) is 26.8 Å². The summed E-state index contributed by atoms with van der Waals surface area (Å²) in [5, 5.41) is 2.92. The minimum absolute atomic E-state index is 0.151. The van der Waals surface area contributed by atoms with Crippen molar-refractivity contribution in [1.82, 2.24) is 10.2 Å². The van der Waals surface area contributed by atoms with Crippen molar-refractivity contribution in [2.45, 2.75) is 39.2 Å². The number of nitrogens with one attached hydrogen (secondary N) is 1. The minimum Gasteiger partial charge on any atom is -0.493 e. The molecule has 2 aromatic carbocycles. The summed E-state index contributed by atoms with van der Waals surface area (Å²) in [7, 11) is 1.55. The first-order valence-electron chi connectivity index (χ1n) is 10.4. The Morgan fingerprint density at radius 2 is 1.70 bits per heavy atom. The standard InChI is InChI=1S/C24H32N2O4/c1-4-5-16-25-24(28)19(2)26(17-15-20-11-7-6-8-12-20)23(27)18-30-22-14-10-9-13-21(22)29-3/h6-14,19H,4-5,15-18H2,1-3H3,(H,25,28). The van der Waals surface area contributed by atoms with Crippen LogP contribution in [0.3, 0.4) is 0 Å². The van der Waals surface area contributed by atoms with Crippen LogP contribution in [0.1, 0.15) is 32.3 Å². The van der Waals surface area contributed by atoms with Crippen LogP contribution in [0.15, 0.2) is 54.6 Å². The van der Waals surface area contributed by atoms with Crippen molar-refractivity contribution in [2.24, 2.45) is 0 Å². The van der Waals surface area contributed by atoms with Gasteiger partial charge in [0.2, 0.25) is 5.91 Å². The Balaban J connectivity index is 2.06. The van der Waals surface area contributed by atoms with Crippen molar-refractivity contribution in [3.05, 3.63) is 60.2 Å². The van der Waals surface area contributed by atoms with Gasteiger partial charge < -0.3 is 19.7 Å². The minimum atomic E-state index is -0.584. The van der Waals surface area contributed by atoms with E-state index in [1.807, 2.05) is 42.5 Å². The molecule has 0 aliphatic heterocycles. The average molecular weight is 413 g/mol. The molecule has 2 amide bonds. The quantitative estimate of drug-likeness (QED) is 0.542. The van der Waals surface area contributed by atoms with Gasteiger partial charge in [0.1, 0.15) is 6.04 Å². The second-order valence-electron chi connectivity index (χ2n) is 7.08. The van der Waals surface area contributed by atoms with E-state index in [0.29, 0.717) is 31.0 Å². The zero-order chi connectivity index (χ0) is 21.8. The van der Waals surface area contributed by atoms with E-state index in [-0.39, 0.29) is 18.4 Å². The molecule has 30 heavy (non-hydrogen) atoms. The monoisotopic (exact) mass is 412 g/mol. The number of benzene rings is 2. The molecule has 2 aromatic rings. The third-order valence-corrected chi connectivity index (χ3v) is 4.90. The van der Waals surface area contributed by atoms with Gasteiger partial charge in [0, 0.05) is 13.1 Å². The van der Waals surface area contributed by atoms with Gasteiger partial charge in [-0.05, 0) is 37.5 Å². The van der Waals surface area contributed by atoms with Crippen LogP contribution in [-0.4, -0.2) is 49.6 Å². The number of para-hydroxylation sites is 2. The van der Waals surface area contributed by atoms with E-state index < -0.39 is 6.04 Å². The summed E-state index contributed by atoms with van der Waals surface area (Å²) in [4.78, 5) is 27.2. The Hall–Kier alpha value is -3.02. The Morgan fingerprint density at radius 1 is 1.03 bits per heavy atom. The number of rotatable bonds is 12. The van der Waals surface area contributed by atoms with Gasteiger partial charge in [-0.3, -0.25) is 9.59 Å². The number of methoxy groups -OCH3 is 1. The van der Waals surface area contributed by atoms with Crippen LogP contribution in [0.25, 0.3) is 0 Å². The summed E-state index contributed by atoms with van der Waals surface area (Å²) in [5.41, 5.74) is 1.11. The van der Waals surface area contributed by atoms with E-state index in [1.54, 1.807) is 31.1 Å². The summed E-state index contributed by atoms with van der Waals surface area (Å²) in [6, 6.07) is 16.5. The number of ether oxygens (including phenoxy) is 2. The van der Waals surface area contributed by atoms with Crippen LogP contribution >= 0.6 is 0 Å². The van der Waals surface area contributed by atoms with Crippen LogP contribution in [0.5, 0.6) is 11.5 Å². The molecule has 6 nitrogen and oxygen atoms in total. The van der Waals surface area contributed by atoms with E-state index in [2.05, 4.69) is 12.2 Å². The molecule has 0 radical (unpaired) electrons. The molecule has 0 bridgehead atoms. The number of hydrogen-bond acceptors (Lipinski definition) is 4. The Morgan fingerprint density at radius 3 is 2.37 bits per heavy atom. The second-order valence-corrected chi connectivity index (χ2v) is 7.08. The van der Waals surface area contributed by atoms with Gasteiger partial charge in [-0.25, -0.2) is 0 Å². The lowest BCUT2D eigenvalue weighted by molar-refractivity contribution is -0.141. The van der Waals surface area contributed by atoms with Crippen LogP contribution in [0, 0.1) is 0 Å². The number of carbonyl (C=O) groups is 2. The number of hydrogen-bond donors (Lipinski definition) is 1. The Kier molecular flexibility index (Phi) is 9.71. The SMILES string of the molecule is CCCCNC(=O)C(C)N(CCc1ccccc1)C(=O)COc1ccccc1OC. The molecular weight excluding hydrogens is 380 g/mol. The fourth-order valence-electron chi connectivity index (χ4n) is 3.07. The van der Waals surface area contributed by atoms with Gasteiger partial charge in [-0.2, -0.15) is 0 Å². The Bertz CT molecular complexity index is 795. The van der Waals surface area contributed by atoms with E-state index in [0.717, 1.165) is 18.4 Å². The summed E-state index contributed by atoms with van der Waals surface area (Å²) in [6.07, 6.45) is 2.57. The van der Waals surface area contributed by atoms with E-state index in [1.165, 1.54) is 0 Å². The molecule has 1 atom stereocenters. The molecule has 0 aromatic heterocycles. The molecule has 162 valence electrons. The predicted molar refractivity (Wildman–Crippen MR) is 118 cm³/mol. The third-order valence-electron chi connectivity index (χ3n) is 4.90. The van der Waals surface area contributed by atoms with Gasteiger partial charge in [0.05, 0.1) is 7.11 Å². The molecule has 6 heteroatoms. The smallest absolute Gasteiger partial charge is 0.261 e. The van der Waals surface area contributed by atoms with Gasteiger partial charge in [-0.15, -0.1) is 0 Å². The first kappa shape index (κ1) is 23.3. The maximum atomic E-state index is 13.0. The van der Waals surface area contributed by atoms with Crippen molar-refractivity contribution in [3.63, 3.8) is 0 Å². The molecule has 0 spiro atoms. The fourth-order valence-corrected chi connectivity index (χ4v) is 3.07. The zero-order valence-electron chi connectivity index (χ0n) is 18.1. The molecule has 0 aliphatic carbocycles. The van der Waals surface area contributed by atoms with E-state index in [4.69, 9.17) is 9.47 Å². The summed E-state index contributed by atoms with van der Waals surface area (Å²) >= 11 is 0. The number of carbonyl (C=O) groups excluding carboxylic acids is 2. The van der Waals surface area contributed by atoms with Crippen molar-refractivity contribution < 1.29 is 19.1 Å². The lowest BCUT2D eigenvalue weighted by Gasteiger charge is -2.28. The molecule has 0 saturated heterocycles. The largest absolute Gasteiger partial charge is 0.493 e. The first-order chi connectivity index (χ1) is 14.6. The van der Waals surface area contributed by atoms with Crippen LogP contribution in [0.2, 0.25) is 0 Å². The molecule has 2 rings (SSSR count). The first-order valence-corrected chi connectivity index (χ1v) is 10.4. The maximum absolute atomic E-state index is 13.0. The summed E-state index contributed by atoms with van der Waals surface area (Å²) in [6.45, 7) is 4.70. The van der Waals surface area contributed by atoms with Gasteiger partial charge in [0.15, 0.2) is 18.1 Å². The molecule has 0 aliphatic rings. The highest BCUT2D eigenvalue weighted by molar-refractivity contribution is 5.88. The van der Waals surface area contributed by atoms with E-state index in [9.17, 15) is 9.59 Å². The number of unbranched alkanes of at least 4 members (excludes halogenated alkanes) is 1. The highest BCUT2D eigenvalue weighted by Gasteiger charge is 2.26. The van der Waals surface area contributed by atoms with Crippen molar-refractivity contribution >= 4 is 11.8 Å². The van der Waals surface area contributed by atoms with E-state index >= 15 is 0 Å². The molecule has 0 saturated carbocycles. The number of nitrogens with zero attached hydrogens (tertiary/aromatic N) is 1. The van der Waals surface area contributed by atoms with Gasteiger partial charge in [-0.1, -0.05) is 55.8 Å². The normalized spacial score (nSPS) is 11.4. The highest BCUT2D eigenvalue weighted by atomic mass is 16.5. The van der Waals surface area contributed by atoms with Crippen LogP contribution in [-0.2, 0) is 16.0 Å². The van der Waals surface area contributed by atoms with Crippen LogP contribution in [0.4, 0.5) is 0 Å². The topological polar surface area (TPSA) is 67.9 Å². The summed E-state index contributed by atoms with van der Waals surface area (Å²) < 4.78 is 11.0. The zero-order valence-corrected chi connectivity index (χ0v) is 18.1. The number of amides is 2. The fraction of sp³-hybridized carbons (Fsp3) is 0.417. The average Bonchev–Trinajstić information content (AvgIpc) is 2.78. The lowest BCUT2D eigenvalue weighted by Crippen LogP contribution is -2.50. The third kappa shape index (κ3) is 7.10. The molecule has 0 fully saturated rings.